The molecule has 0 aliphatic carbocycles. The number of nitrogens with zero attached hydrogens (tertiary/aromatic N) is 4. The van der Waals surface area contributed by atoms with E-state index in [0.717, 1.165) is 0 Å². The number of hydrogen-bond acceptors (Lipinski definition) is 8. The van der Waals surface area contributed by atoms with E-state index in [0.29, 0.717) is 23.2 Å². The summed E-state index contributed by atoms with van der Waals surface area (Å²) in [5.41, 5.74) is -0.203. The zero-order valence-electron chi connectivity index (χ0n) is 13.9. The van der Waals surface area contributed by atoms with Crippen molar-refractivity contribution in [2.45, 2.75) is 37.6 Å². The summed E-state index contributed by atoms with van der Waals surface area (Å²) in [4.78, 5) is 0. The number of fused-ring (bicyclic) bond motifs is 6. The van der Waals surface area contributed by atoms with Gasteiger partial charge in [0.1, 0.15) is 11.7 Å². The average Bonchev–Trinajstić information content (AvgIpc) is 3.27. The van der Waals surface area contributed by atoms with Crippen LogP contribution in [0.15, 0.2) is 16.8 Å². The summed E-state index contributed by atoms with van der Waals surface area (Å²) in [5.74, 6) is -0.457. The van der Waals surface area contributed by atoms with Crippen LogP contribution in [0.1, 0.15) is 37.0 Å². The van der Waals surface area contributed by atoms with E-state index >= 15 is 0 Å². The van der Waals surface area contributed by atoms with Crippen molar-refractivity contribution in [2.24, 2.45) is 0 Å². The van der Waals surface area contributed by atoms with Crippen molar-refractivity contribution in [1.29, 1.82) is 5.26 Å². The molecule has 0 unspecified atom stereocenters. The first-order chi connectivity index (χ1) is 12.3. The Morgan fingerprint density at radius 2 is 1.88 bits per heavy atom. The fraction of sp³-hybridized carbons (Fsp3) is 0.353. The van der Waals surface area contributed by atoms with Gasteiger partial charge >= 0.3 is 0 Å². The molecule has 132 valence electrons. The Balaban J connectivity index is 1.85. The van der Waals surface area contributed by atoms with Crippen LogP contribution in [0.4, 0.5) is 0 Å². The van der Waals surface area contributed by atoms with Crippen molar-refractivity contribution in [3.05, 3.63) is 28.8 Å². The molecule has 3 atom stereocenters. The number of benzene rings is 1. The van der Waals surface area contributed by atoms with Crippen LogP contribution in [0.2, 0.25) is 0 Å². The van der Waals surface area contributed by atoms with Gasteiger partial charge in [-0.15, -0.1) is 0 Å². The molecule has 1 fully saturated rings. The van der Waals surface area contributed by atoms with Gasteiger partial charge in [-0.2, -0.15) is 5.26 Å². The highest BCUT2D eigenvalue weighted by Gasteiger charge is 2.64. The molecule has 2 aliphatic heterocycles. The summed E-state index contributed by atoms with van der Waals surface area (Å²) in [5, 5.41) is 48.9. The number of rotatable bonds is 1. The normalized spacial score (nSPS) is 29.2. The van der Waals surface area contributed by atoms with Gasteiger partial charge in [0.15, 0.2) is 11.0 Å². The third-order valence-electron chi connectivity index (χ3n) is 5.56. The molecule has 1 saturated heterocycles. The molecule has 5 rings (SSSR count). The van der Waals surface area contributed by atoms with Crippen molar-refractivity contribution < 1.29 is 24.7 Å². The van der Waals surface area contributed by atoms with Gasteiger partial charge in [0.05, 0.1) is 34.1 Å². The quantitative estimate of drug-likeness (QED) is 0.598. The molecule has 1 aromatic carbocycles. The summed E-state index contributed by atoms with van der Waals surface area (Å²) in [7, 11) is 0. The minimum Gasteiger partial charge on any atom is -0.494 e. The molecule has 4 heterocycles. The van der Waals surface area contributed by atoms with E-state index < -0.39 is 17.3 Å². The molecular weight excluding hydrogens is 340 g/mol. The number of ether oxygens (including phenoxy) is 1. The molecule has 0 amide bonds. The Morgan fingerprint density at radius 1 is 1.19 bits per heavy atom. The second kappa shape index (κ2) is 4.35. The van der Waals surface area contributed by atoms with E-state index in [9.17, 15) is 20.6 Å². The Bertz CT molecular complexity index is 1140. The maximum absolute atomic E-state index is 10.9. The minimum absolute atomic E-state index is 0.204. The summed E-state index contributed by atoms with van der Waals surface area (Å²) in [6.45, 7) is 3.45. The summed E-state index contributed by atoms with van der Waals surface area (Å²) < 4.78 is 11.9. The monoisotopic (exact) mass is 354 g/mol. The van der Waals surface area contributed by atoms with E-state index in [4.69, 9.17) is 9.37 Å². The molecule has 0 saturated carbocycles. The second-order valence-electron chi connectivity index (χ2n) is 7.10. The third kappa shape index (κ3) is 1.48. The SMILES string of the molecule is C[C@]12C[C@H](O)[C@](C)(O1)c1c2c(O)n(-c2ccc(C#N)c3nonc23)c1O. The number of aliphatic hydroxyl groups is 1. The Kier molecular flexibility index (Phi) is 2.54. The molecule has 0 radical (unpaired) electrons. The van der Waals surface area contributed by atoms with Crippen LogP contribution in [-0.4, -0.2) is 36.3 Å². The predicted molar refractivity (Wildman–Crippen MR) is 85.6 cm³/mol. The predicted octanol–water partition coefficient (Wildman–Crippen LogP) is 1.52. The average molecular weight is 354 g/mol. The maximum atomic E-state index is 10.9. The molecule has 2 aliphatic rings. The molecule has 3 aromatic rings. The van der Waals surface area contributed by atoms with Crippen LogP contribution in [0.3, 0.4) is 0 Å². The Labute approximate surface area is 146 Å². The largest absolute Gasteiger partial charge is 0.494 e. The molecule has 9 heteroatoms. The summed E-state index contributed by atoms with van der Waals surface area (Å²) in [6, 6.07) is 5.05. The van der Waals surface area contributed by atoms with Gasteiger partial charge in [-0.3, -0.25) is 0 Å². The third-order valence-corrected chi connectivity index (χ3v) is 5.56. The fourth-order valence-electron chi connectivity index (χ4n) is 4.38. The van der Waals surface area contributed by atoms with Crippen molar-refractivity contribution in [2.75, 3.05) is 0 Å². The standard InChI is InChI=1S/C17H14N4O5/c1-16-5-9(22)17(2,25-16)11-10(16)14(23)21(15(11)24)8-4-3-7(6-18)12-13(8)20-26-19-12/h3-4,9,22-24H,5H2,1-2H3/t9-,16+,17-/m0/s1. The second-order valence-corrected chi connectivity index (χ2v) is 7.10. The molecular formula is C17H14N4O5. The van der Waals surface area contributed by atoms with Crippen molar-refractivity contribution in [1.82, 2.24) is 14.9 Å². The molecule has 0 spiro atoms. The first kappa shape index (κ1) is 15.2. The van der Waals surface area contributed by atoms with Gasteiger partial charge in [-0.1, -0.05) is 0 Å². The topological polar surface area (TPSA) is 138 Å². The van der Waals surface area contributed by atoms with Gasteiger partial charge in [0.25, 0.3) is 0 Å². The van der Waals surface area contributed by atoms with Crippen LogP contribution in [0, 0.1) is 11.3 Å². The highest BCUT2D eigenvalue weighted by Crippen LogP contribution is 2.64. The van der Waals surface area contributed by atoms with Gasteiger partial charge in [0.2, 0.25) is 11.8 Å². The van der Waals surface area contributed by atoms with Crippen LogP contribution >= 0.6 is 0 Å². The minimum atomic E-state index is -1.12. The fourth-order valence-corrected chi connectivity index (χ4v) is 4.38. The van der Waals surface area contributed by atoms with Gasteiger partial charge in [0, 0.05) is 6.42 Å². The Hall–Kier alpha value is -3.09. The lowest BCUT2D eigenvalue weighted by Gasteiger charge is -2.25. The van der Waals surface area contributed by atoms with E-state index in [1.807, 2.05) is 6.07 Å². The molecule has 26 heavy (non-hydrogen) atoms. The maximum Gasteiger partial charge on any atom is 0.205 e. The van der Waals surface area contributed by atoms with Crippen LogP contribution in [0.25, 0.3) is 16.7 Å². The smallest absolute Gasteiger partial charge is 0.205 e. The van der Waals surface area contributed by atoms with Crippen molar-refractivity contribution >= 4 is 11.0 Å². The molecule has 2 bridgehead atoms. The van der Waals surface area contributed by atoms with Gasteiger partial charge in [-0.05, 0) is 36.3 Å². The summed E-state index contributed by atoms with van der Waals surface area (Å²) >= 11 is 0. The van der Waals surface area contributed by atoms with Crippen LogP contribution in [-0.2, 0) is 15.9 Å². The number of hydrogen-bond donors (Lipinski definition) is 3. The lowest BCUT2D eigenvalue weighted by Crippen LogP contribution is -2.32. The van der Waals surface area contributed by atoms with E-state index in [1.165, 1.54) is 10.6 Å². The number of aromatic hydroxyl groups is 2. The zero-order chi connectivity index (χ0) is 18.4. The molecule has 3 N–H and O–H groups in total. The first-order valence-corrected chi connectivity index (χ1v) is 8.03. The number of nitriles is 1. The lowest BCUT2D eigenvalue weighted by molar-refractivity contribution is -0.0936. The van der Waals surface area contributed by atoms with E-state index in [-0.39, 0.29) is 28.4 Å². The zero-order valence-corrected chi connectivity index (χ0v) is 13.9. The molecule has 2 aromatic heterocycles. The van der Waals surface area contributed by atoms with Crippen LogP contribution in [0.5, 0.6) is 11.8 Å². The van der Waals surface area contributed by atoms with E-state index in [1.54, 1.807) is 19.9 Å². The number of aromatic nitrogens is 3. The van der Waals surface area contributed by atoms with Gasteiger partial charge < -0.3 is 20.1 Å². The van der Waals surface area contributed by atoms with Crippen LogP contribution < -0.4 is 0 Å². The Morgan fingerprint density at radius 3 is 2.62 bits per heavy atom. The lowest BCUT2D eigenvalue weighted by atomic mass is 9.78. The van der Waals surface area contributed by atoms with Gasteiger partial charge in [-0.25, -0.2) is 9.20 Å². The van der Waals surface area contributed by atoms with Crippen molar-refractivity contribution in [3.63, 3.8) is 0 Å². The highest BCUT2D eigenvalue weighted by molar-refractivity contribution is 5.88. The van der Waals surface area contributed by atoms with Crippen molar-refractivity contribution in [3.8, 4) is 23.5 Å². The number of aliphatic hydroxyl groups excluding tert-OH is 1. The van der Waals surface area contributed by atoms with E-state index in [2.05, 4.69) is 10.3 Å². The highest BCUT2D eigenvalue weighted by atomic mass is 16.6. The summed E-state index contributed by atoms with van der Waals surface area (Å²) in [6.07, 6.45) is -0.502. The first-order valence-electron chi connectivity index (χ1n) is 8.03. The molecule has 9 nitrogen and oxygen atoms in total.